The molecule has 2 N–H and O–H groups in total. The van der Waals surface area contributed by atoms with Crippen LogP contribution in [0.15, 0.2) is 21.6 Å². The smallest absolute Gasteiger partial charge is 0.243 e. The molecule has 19 heavy (non-hydrogen) atoms. The number of hydrogen-bond acceptors (Lipinski definition) is 5. The van der Waals surface area contributed by atoms with Crippen molar-refractivity contribution in [1.29, 1.82) is 0 Å². The number of sulfonamides is 1. The number of aliphatic hydroxyl groups is 1. The van der Waals surface area contributed by atoms with Crippen molar-refractivity contribution in [2.75, 3.05) is 26.4 Å². The Kier molecular flexibility index (Phi) is 7.19. The van der Waals surface area contributed by atoms with Gasteiger partial charge in [-0.25, -0.2) is 18.1 Å². The highest BCUT2D eigenvalue weighted by Crippen LogP contribution is 2.22. The molecule has 0 aliphatic carbocycles. The van der Waals surface area contributed by atoms with Gasteiger partial charge < -0.3 is 9.84 Å². The van der Waals surface area contributed by atoms with E-state index >= 15 is 0 Å². The number of halogens is 2. The molecule has 0 amide bonds. The maximum absolute atomic E-state index is 12.0. The molecule has 108 valence electrons. The van der Waals surface area contributed by atoms with Crippen LogP contribution < -0.4 is 4.72 Å². The fraction of sp³-hybridized carbons (Fsp3) is 0.500. The number of nitrogens with one attached hydrogen (secondary N) is 1. The highest BCUT2D eigenvalue weighted by Gasteiger charge is 2.18. The van der Waals surface area contributed by atoms with Crippen molar-refractivity contribution in [3.05, 3.63) is 21.9 Å². The van der Waals surface area contributed by atoms with Crippen molar-refractivity contribution in [3.8, 4) is 0 Å². The summed E-state index contributed by atoms with van der Waals surface area (Å²) in [5, 5.41) is 8.42. The van der Waals surface area contributed by atoms with E-state index in [0.29, 0.717) is 17.5 Å². The largest absolute Gasteiger partial charge is 0.394 e. The van der Waals surface area contributed by atoms with Gasteiger partial charge in [-0.3, -0.25) is 0 Å². The molecule has 0 saturated heterocycles. The highest BCUT2D eigenvalue weighted by molar-refractivity contribution is 9.10. The molecule has 0 radical (unpaired) electrons. The molecule has 1 aromatic rings. The third-order valence-corrected chi connectivity index (χ3v) is 4.38. The summed E-state index contributed by atoms with van der Waals surface area (Å²) in [5.41, 5.74) is 0. The van der Waals surface area contributed by atoms with E-state index in [0.717, 1.165) is 0 Å². The van der Waals surface area contributed by atoms with Crippen LogP contribution in [0.1, 0.15) is 6.42 Å². The number of nitrogens with zero attached hydrogens (tertiary/aromatic N) is 1. The highest BCUT2D eigenvalue weighted by atomic mass is 79.9. The minimum atomic E-state index is -3.69. The van der Waals surface area contributed by atoms with Crippen molar-refractivity contribution in [3.63, 3.8) is 0 Å². The Morgan fingerprint density at radius 3 is 2.89 bits per heavy atom. The van der Waals surface area contributed by atoms with Gasteiger partial charge in [0.15, 0.2) is 0 Å². The van der Waals surface area contributed by atoms with Crippen LogP contribution >= 0.6 is 27.5 Å². The Labute approximate surface area is 125 Å². The number of ether oxygens (including phenoxy) is 1. The number of aliphatic hydroxyl groups excluding tert-OH is 1. The lowest BCUT2D eigenvalue weighted by Crippen LogP contribution is -2.26. The Bertz CT molecular complexity index is 512. The number of aromatic nitrogens is 1. The summed E-state index contributed by atoms with van der Waals surface area (Å²) < 4.78 is 31.9. The lowest BCUT2D eigenvalue weighted by Gasteiger charge is -2.08. The quantitative estimate of drug-likeness (QED) is 0.527. The van der Waals surface area contributed by atoms with Crippen LogP contribution in [0.4, 0.5) is 0 Å². The summed E-state index contributed by atoms with van der Waals surface area (Å²) in [7, 11) is -3.69. The van der Waals surface area contributed by atoms with Crippen LogP contribution in [-0.2, 0) is 14.8 Å². The normalized spacial score (nSPS) is 11.7. The van der Waals surface area contributed by atoms with Gasteiger partial charge in [0.25, 0.3) is 0 Å². The molecule has 0 fully saturated rings. The number of hydrogen-bond donors (Lipinski definition) is 2. The molecule has 9 heteroatoms. The van der Waals surface area contributed by atoms with Gasteiger partial charge in [-0.05, 0) is 28.4 Å². The average molecular weight is 374 g/mol. The average Bonchev–Trinajstić information content (AvgIpc) is 2.36. The third kappa shape index (κ3) is 5.72. The first kappa shape index (κ1) is 16.8. The molecule has 0 aliphatic heterocycles. The Balaban J connectivity index is 2.54. The molecule has 1 aromatic heterocycles. The van der Waals surface area contributed by atoms with E-state index < -0.39 is 10.0 Å². The van der Waals surface area contributed by atoms with E-state index in [1.54, 1.807) is 0 Å². The van der Waals surface area contributed by atoms with Gasteiger partial charge in [0.1, 0.15) is 10.0 Å². The molecule has 0 aromatic carbocycles. The lowest BCUT2D eigenvalue weighted by atomic mass is 10.5. The van der Waals surface area contributed by atoms with Crippen molar-refractivity contribution in [2.24, 2.45) is 0 Å². The van der Waals surface area contributed by atoms with Crippen LogP contribution in [0, 0.1) is 0 Å². The van der Waals surface area contributed by atoms with Gasteiger partial charge in [-0.1, -0.05) is 11.6 Å². The maximum atomic E-state index is 12.0. The summed E-state index contributed by atoms with van der Waals surface area (Å²) in [6, 6.07) is 1.39. The second-order valence-electron chi connectivity index (χ2n) is 3.53. The minimum Gasteiger partial charge on any atom is -0.394 e. The zero-order valence-electron chi connectivity index (χ0n) is 9.97. The molecule has 0 aliphatic rings. The monoisotopic (exact) mass is 372 g/mol. The lowest BCUT2D eigenvalue weighted by molar-refractivity contribution is 0.0913. The van der Waals surface area contributed by atoms with Crippen LogP contribution in [0.3, 0.4) is 0 Å². The van der Waals surface area contributed by atoms with Crippen LogP contribution in [0.2, 0.25) is 5.15 Å². The van der Waals surface area contributed by atoms with Crippen LogP contribution in [-0.4, -0.2) is 44.9 Å². The van der Waals surface area contributed by atoms with Gasteiger partial charge in [-0.2, -0.15) is 0 Å². The predicted molar refractivity (Wildman–Crippen MR) is 74.7 cm³/mol. The van der Waals surface area contributed by atoms with E-state index in [1.165, 1.54) is 12.3 Å². The summed E-state index contributed by atoms with van der Waals surface area (Å²) in [4.78, 5) is 3.69. The second kappa shape index (κ2) is 8.13. The first-order valence-corrected chi connectivity index (χ1v) is 8.12. The molecule has 0 spiro atoms. The third-order valence-electron chi connectivity index (χ3n) is 2.06. The molecule has 1 heterocycles. The molecule has 1 rings (SSSR count). The van der Waals surface area contributed by atoms with E-state index in [2.05, 4.69) is 25.6 Å². The number of rotatable bonds is 8. The Morgan fingerprint density at radius 1 is 1.47 bits per heavy atom. The van der Waals surface area contributed by atoms with Crippen molar-refractivity contribution < 1.29 is 18.3 Å². The van der Waals surface area contributed by atoms with Gasteiger partial charge in [0.05, 0.1) is 13.2 Å². The summed E-state index contributed by atoms with van der Waals surface area (Å²) in [6.07, 6.45) is 1.92. The molecular weight excluding hydrogens is 360 g/mol. The van der Waals surface area contributed by atoms with Gasteiger partial charge >= 0.3 is 0 Å². The van der Waals surface area contributed by atoms with Gasteiger partial charge in [0.2, 0.25) is 10.0 Å². The summed E-state index contributed by atoms with van der Waals surface area (Å²) in [5.74, 6) is 0. The van der Waals surface area contributed by atoms with E-state index in [4.69, 9.17) is 21.4 Å². The Morgan fingerprint density at radius 2 is 2.21 bits per heavy atom. The summed E-state index contributed by atoms with van der Waals surface area (Å²) in [6.45, 7) is 0.781. The molecule has 6 nitrogen and oxygen atoms in total. The van der Waals surface area contributed by atoms with E-state index in [-0.39, 0.29) is 29.8 Å². The van der Waals surface area contributed by atoms with Crippen LogP contribution in [0.25, 0.3) is 0 Å². The molecular formula is C10H14BrClN2O4S. The maximum Gasteiger partial charge on any atom is 0.243 e. The number of pyridine rings is 1. The first-order valence-electron chi connectivity index (χ1n) is 5.46. The van der Waals surface area contributed by atoms with E-state index in [1.807, 2.05) is 0 Å². The van der Waals surface area contributed by atoms with Gasteiger partial charge in [-0.15, -0.1) is 0 Å². The summed E-state index contributed by atoms with van der Waals surface area (Å²) >= 11 is 8.90. The SMILES string of the molecule is O=S(=O)(NCCCOCCO)c1cc(Br)cnc1Cl. The van der Waals surface area contributed by atoms with Gasteiger partial charge in [0, 0.05) is 23.8 Å². The zero-order valence-corrected chi connectivity index (χ0v) is 13.1. The standard InChI is InChI=1S/C10H14BrClN2O4S/c11-8-6-9(10(12)13-7-8)19(16,17)14-2-1-4-18-5-3-15/h6-7,14-15H,1-5H2. The molecule has 0 unspecified atom stereocenters. The second-order valence-corrected chi connectivity index (χ2v) is 6.54. The van der Waals surface area contributed by atoms with Crippen molar-refractivity contribution >= 4 is 37.6 Å². The molecule has 0 atom stereocenters. The van der Waals surface area contributed by atoms with Crippen molar-refractivity contribution in [2.45, 2.75) is 11.3 Å². The van der Waals surface area contributed by atoms with Crippen LogP contribution in [0.5, 0.6) is 0 Å². The first-order chi connectivity index (χ1) is 8.97. The van der Waals surface area contributed by atoms with Crippen molar-refractivity contribution in [1.82, 2.24) is 9.71 Å². The topological polar surface area (TPSA) is 88.5 Å². The predicted octanol–water partition coefficient (Wildman–Crippen LogP) is 1.17. The zero-order chi connectivity index (χ0) is 14.3. The fourth-order valence-corrected chi connectivity index (χ4v) is 3.23. The van der Waals surface area contributed by atoms with E-state index in [9.17, 15) is 8.42 Å². The Hall–Kier alpha value is -0.250. The molecule has 0 saturated carbocycles. The molecule has 0 bridgehead atoms. The fourth-order valence-electron chi connectivity index (χ4n) is 1.22. The minimum absolute atomic E-state index is 0.0505.